The highest BCUT2D eigenvalue weighted by atomic mass is 19.1. The van der Waals surface area contributed by atoms with Crippen LogP contribution in [0.15, 0.2) is 18.2 Å². The molecule has 4 heteroatoms. The van der Waals surface area contributed by atoms with Gasteiger partial charge in [0.05, 0.1) is 0 Å². The summed E-state index contributed by atoms with van der Waals surface area (Å²) in [5, 5.41) is 2.28. The van der Waals surface area contributed by atoms with Gasteiger partial charge in [-0.3, -0.25) is 4.79 Å². The quantitative estimate of drug-likeness (QED) is 0.724. The van der Waals surface area contributed by atoms with Crippen LogP contribution in [-0.2, 0) is 4.79 Å². The predicted molar refractivity (Wildman–Crippen MR) is 68.4 cm³/mol. The minimum absolute atomic E-state index is 0.303. The first-order valence-corrected chi connectivity index (χ1v) is 6.39. The van der Waals surface area contributed by atoms with Crippen LogP contribution in [0.3, 0.4) is 0 Å². The number of hydrogen-bond acceptors (Lipinski definition) is 1. The Bertz CT molecular complexity index is 373. The van der Waals surface area contributed by atoms with Crippen molar-refractivity contribution in [3.8, 4) is 0 Å². The van der Waals surface area contributed by atoms with Crippen molar-refractivity contribution in [2.24, 2.45) is 0 Å². The molecule has 1 amide bonds. The number of amides is 1. The average molecular weight is 255 g/mol. The topological polar surface area (TPSA) is 29.1 Å². The molecule has 0 unspecified atom stereocenters. The molecular formula is C14H19F2NO. The van der Waals surface area contributed by atoms with Gasteiger partial charge in [0.2, 0.25) is 5.91 Å². The third-order valence-corrected chi connectivity index (χ3v) is 2.73. The molecule has 1 N–H and O–H groups in total. The molecule has 0 atom stereocenters. The molecule has 2 nitrogen and oxygen atoms in total. The van der Waals surface area contributed by atoms with E-state index in [1.54, 1.807) is 0 Å². The van der Waals surface area contributed by atoms with Crippen LogP contribution in [-0.4, -0.2) is 5.91 Å². The zero-order valence-corrected chi connectivity index (χ0v) is 10.6. The standard InChI is InChI=1S/C14H19F2NO/c1-2-3-4-5-6-10-13(18)17-14-11(15)8-7-9-12(14)16/h7-9H,2-6,10H2,1H3,(H,17,18). The third kappa shape index (κ3) is 4.82. The van der Waals surface area contributed by atoms with Crippen LogP contribution in [0, 0.1) is 11.6 Å². The van der Waals surface area contributed by atoms with Gasteiger partial charge in [-0.15, -0.1) is 0 Å². The second-order valence-electron chi connectivity index (χ2n) is 4.31. The Morgan fingerprint density at radius 3 is 2.33 bits per heavy atom. The molecule has 1 aromatic carbocycles. The molecule has 0 aromatic heterocycles. The minimum Gasteiger partial charge on any atom is -0.321 e. The SMILES string of the molecule is CCCCCCCC(=O)Nc1c(F)cccc1F. The number of anilines is 1. The van der Waals surface area contributed by atoms with Crippen molar-refractivity contribution in [3.05, 3.63) is 29.8 Å². The van der Waals surface area contributed by atoms with Gasteiger partial charge >= 0.3 is 0 Å². The highest BCUT2D eigenvalue weighted by Crippen LogP contribution is 2.18. The number of unbranched alkanes of at least 4 members (excludes halogenated alkanes) is 4. The van der Waals surface area contributed by atoms with Gasteiger partial charge in [-0.1, -0.05) is 38.7 Å². The van der Waals surface area contributed by atoms with Gasteiger partial charge in [-0.2, -0.15) is 0 Å². The van der Waals surface area contributed by atoms with Crippen LogP contribution >= 0.6 is 0 Å². The molecule has 0 aliphatic rings. The Morgan fingerprint density at radius 2 is 1.72 bits per heavy atom. The summed E-state index contributed by atoms with van der Waals surface area (Å²) in [5.74, 6) is -1.82. The first-order valence-electron chi connectivity index (χ1n) is 6.39. The third-order valence-electron chi connectivity index (χ3n) is 2.73. The Balaban J connectivity index is 2.36. The number of hydrogen-bond donors (Lipinski definition) is 1. The maximum atomic E-state index is 13.2. The number of para-hydroxylation sites is 1. The largest absolute Gasteiger partial charge is 0.321 e. The molecule has 0 aliphatic carbocycles. The lowest BCUT2D eigenvalue weighted by molar-refractivity contribution is -0.116. The Kier molecular flexibility index (Phi) is 6.33. The van der Waals surface area contributed by atoms with Crippen molar-refractivity contribution in [2.45, 2.75) is 45.4 Å². The van der Waals surface area contributed by atoms with Crippen LogP contribution in [0.5, 0.6) is 0 Å². The predicted octanol–water partition coefficient (Wildman–Crippen LogP) is 4.26. The smallest absolute Gasteiger partial charge is 0.224 e. The van der Waals surface area contributed by atoms with Crippen molar-refractivity contribution in [1.82, 2.24) is 0 Å². The lowest BCUT2D eigenvalue weighted by Gasteiger charge is -2.07. The number of halogens is 2. The molecule has 1 rings (SSSR count). The number of carbonyl (C=O) groups is 1. The molecule has 18 heavy (non-hydrogen) atoms. The zero-order valence-electron chi connectivity index (χ0n) is 10.6. The molecule has 0 spiro atoms. The number of benzene rings is 1. The van der Waals surface area contributed by atoms with E-state index in [0.717, 1.165) is 44.2 Å². The summed E-state index contributed by atoms with van der Waals surface area (Å²) in [7, 11) is 0. The molecule has 0 fully saturated rings. The minimum atomic E-state index is -0.741. The van der Waals surface area contributed by atoms with Gasteiger partial charge in [0.25, 0.3) is 0 Å². The molecule has 100 valence electrons. The van der Waals surface area contributed by atoms with Crippen molar-refractivity contribution >= 4 is 11.6 Å². The van der Waals surface area contributed by atoms with Gasteiger partial charge in [0.15, 0.2) is 0 Å². The zero-order chi connectivity index (χ0) is 13.4. The van der Waals surface area contributed by atoms with Gasteiger partial charge in [0.1, 0.15) is 17.3 Å². The summed E-state index contributed by atoms with van der Waals surface area (Å²) in [6.07, 6.45) is 5.43. The molecule has 1 aromatic rings. The number of rotatable bonds is 7. The summed E-state index contributed by atoms with van der Waals surface area (Å²) >= 11 is 0. The van der Waals surface area contributed by atoms with Crippen LogP contribution in [0.1, 0.15) is 45.4 Å². The molecule has 0 radical (unpaired) electrons. The van der Waals surface area contributed by atoms with Crippen LogP contribution < -0.4 is 5.32 Å². The molecule has 0 aliphatic heterocycles. The fraction of sp³-hybridized carbons (Fsp3) is 0.500. The Morgan fingerprint density at radius 1 is 1.11 bits per heavy atom. The highest BCUT2D eigenvalue weighted by Gasteiger charge is 2.11. The van der Waals surface area contributed by atoms with Crippen molar-refractivity contribution in [3.63, 3.8) is 0 Å². The Labute approximate surface area is 106 Å². The maximum absolute atomic E-state index is 13.2. The van der Waals surface area contributed by atoms with Crippen LogP contribution in [0.2, 0.25) is 0 Å². The lowest BCUT2D eigenvalue weighted by atomic mass is 10.1. The van der Waals surface area contributed by atoms with E-state index in [4.69, 9.17) is 0 Å². The first kappa shape index (κ1) is 14.6. The second kappa shape index (κ2) is 7.80. The second-order valence-corrected chi connectivity index (χ2v) is 4.31. The van der Waals surface area contributed by atoms with E-state index in [1.807, 2.05) is 0 Å². The van der Waals surface area contributed by atoms with Crippen LogP contribution in [0.4, 0.5) is 14.5 Å². The molecule has 0 bridgehead atoms. The maximum Gasteiger partial charge on any atom is 0.224 e. The lowest BCUT2D eigenvalue weighted by Crippen LogP contribution is -2.13. The number of carbonyl (C=O) groups excluding carboxylic acids is 1. The summed E-state index contributed by atoms with van der Waals surface area (Å²) in [6, 6.07) is 3.52. The first-order chi connectivity index (χ1) is 8.65. The van der Waals surface area contributed by atoms with Gasteiger partial charge in [-0.25, -0.2) is 8.78 Å². The van der Waals surface area contributed by atoms with E-state index in [-0.39, 0.29) is 11.6 Å². The van der Waals surface area contributed by atoms with Crippen LogP contribution in [0.25, 0.3) is 0 Å². The van der Waals surface area contributed by atoms with Gasteiger partial charge in [0, 0.05) is 6.42 Å². The van der Waals surface area contributed by atoms with Gasteiger partial charge < -0.3 is 5.32 Å². The van der Waals surface area contributed by atoms with Crippen molar-refractivity contribution in [2.75, 3.05) is 5.32 Å². The summed E-state index contributed by atoms with van der Waals surface area (Å²) < 4.78 is 26.5. The highest BCUT2D eigenvalue weighted by molar-refractivity contribution is 5.90. The Hall–Kier alpha value is -1.45. The monoisotopic (exact) mass is 255 g/mol. The number of nitrogens with one attached hydrogen (secondary N) is 1. The summed E-state index contributed by atoms with van der Waals surface area (Å²) in [6.45, 7) is 2.12. The van der Waals surface area contributed by atoms with E-state index in [1.165, 1.54) is 6.07 Å². The molecule has 0 saturated heterocycles. The average Bonchev–Trinajstić information content (AvgIpc) is 2.34. The van der Waals surface area contributed by atoms with Crippen molar-refractivity contribution in [1.29, 1.82) is 0 Å². The molecule has 0 saturated carbocycles. The molecule has 0 heterocycles. The summed E-state index contributed by atoms with van der Waals surface area (Å²) in [5.41, 5.74) is -0.351. The van der Waals surface area contributed by atoms with E-state index in [0.29, 0.717) is 6.42 Å². The van der Waals surface area contributed by atoms with E-state index < -0.39 is 11.6 Å². The van der Waals surface area contributed by atoms with E-state index >= 15 is 0 Å². The fourth-order valence-corrected chi connectivity index (χ4v) is 1.71. The fourth-order valence-electron chi connectivity index (χ4n) is 1.71. The van der Waals surface area contributed by atoms with E-state index in [9.17, 15) is 13.6 Å². The molecular weight excluding hydrogens is 236 g/mol. The normalized spacial score (nSPS) is 10.4. The van der Waals surface area contributed by atoms with E-state index in [2.05, 4.69) is 12.2 Å². The van der Waals surface area contributed by atoms with Gasteiger partial charge in [-0.05, 0) is 18.6 Å². The van der Waals surface area contributed by atoms with Crippen molar-refractivity contribution < 1.29 is 13.6 Å². The summed E-state index contributed by atoms with van der Waals surface area (Å²) in [4.78, 5) is 11.5.